The summed E-state index contributed by atoms with van der Waals surface area (Å²) in [7, 11) is 0. The lowest BCUT2D eigenvalue weighted by atomic mass is 10.1. The van der Waals surface area contributed by atoms with Crippen LogP contribution >= 0.6 is 0 Å². The molecule has 1 unspecified atom stereocenters. The molecule has 2 heterocycles. The second-order valence-corrected chi connectivity index (χ2v) is 7.00. The molecule has 0 radical (unpaired) electrons. The van der Waals surface area contributed by atoms with Crippen molar-refractivity contribution in [3.05, 3.63) is 88.6 Å². The molecule has 1 N–H and O–H groups in total. The van der Waals surface area contributed by atoms with Crippen LogP contribution in [0, 0.1) is 12.7 Å². The number of aromatic nitrogens is 3. The van der Waals surface area contributed by atoms with Crippen LogP contribution in [0.5, 0.6) is 0 Å². The monoisotopic (exact) mass is 402 g/mol. The second-order valence-electron chi connectivity index (χ2n) is 7.00. The first-order valence-corrected chi connectivity index (χ1v) is 9.45. The molecule has 1 atom stereocenters. The molecule has 30 heavy (non-hydrogen) atoms. The maximum Gasteiger partial charge on any atom is 0.267 e. The third-order valence-corrected chi connectivity index (χ3v) is 4.84. The van der Waals surface area contributed by atoms with Crippen molar-refractivity contribution in [2.24, 2.45) is 0 Å². The molecule has 2 aromatic heterocycles. The number of amides is 1. The van der Waals surface area contributed by atoms with Gasteiger partial charge >= 0.3 is 0 Å². The quantitative estimate of drug-likeness (QED) is 0.557. The molecule has 2 aromatic carbocycles. The molecule has 0 aliphatic rings. The number of fused-ring (bicyclic) bond motifs is 1. The predicted octanol–water partition coefficient (Wildman–Crippen LogP) is 4.11. The van der Waals surface area contributed by atoms with Crippen molar-refractivity contribution in [3.8, 4) is 11.3 Å². The summed E-state index contributed by atoms with van der Waals surface area (Å²) in [6.45, 7) is 3.50. The van der Waals surface area contributed by atoms with Gasteiger partial charge in [0.2, 0.25) is 5.91 Å². The molecule has 0 spiro atoms. The zero-order valence-corrected chi connectivity index (χ0v) is 16.5. The molecular formula is C23H19FN4O2. The smallest absolute Gasteiger partial charge is 0.267 e. The minimum atomic E-state index is -0.855. The summed E-state index contributed by atoms with van der Waals surface area (Å²) < 4.78 is 14.3. The first-order chi connectivity index (χ1) is 14.4. The Kier molecular flexibility index (Phi) is 5.10. The fraction of sp³-hybridized carbons (Fsp3) is 0.130. The highest BCUT2D eigenvalue weighted by Gasteiger charge is 2.19. The van der Waals surface area contributed by atoms with Crippen molar-refractivity contribution in [3.63, 3.8) is 0 Å². The highest BCUT2D eigenvalue weighted by atomic mass is 19.1. The summed E-state index contributed by atoms with van der Waals surface area (Å²) in [5.74, 6) is -0.742. The van der Waals surface area contributed by atoms with Gasteiger partial charge in [0.1, 0.15) is 11.9 Å². The molecule has 0 saturated heterocycles. The van der Waals surface area contributed by atoms with E-state index < -0.39 is 11.6 Å². The zero-order valence-electron chi connectivity index (χ0n) is 16.5. The fourth-order valence-corrected chi connectivity index (χ4v) is 3.19. The molecule has 0 aliphatic carbocycles. The molecule has 4 rings (SSSR count). The van der Waals surface area contributed by atoms with Gasteiger partial charge < -0.3 is 5.32 Å². The number of benzene rings is 2. The number of nitrogens with zero attached hydrogens (tertiary/aromatic N) is 3. The fourth-order valence-electron chi connectivity index (χ4n) is 3.19. The van der Waals surface area contributed by atoms with Gasteiger partial charge in [0.25, 0.3) is 5.56 Å². The van der Waals surface area contributed by atoms with E-state index in [1.165, 1.54) is 18.2 Å². The lowest BCUT2D eigenvalue weighted by Crippen LogP contribution is -2.33. The van der Waals surface area contributed by atoms with E-state index in [0.717, 1.165) is 21.3 Å². The van der Waals surface area contributed by atoms with E-state index in [0.29, 0.717) is 16.9 Å². The minimum absolute atomic E-state index is 0.361. The van der Waals surface area contributed by atoms with Crippen molar-refractivity contribution < 1.29 is 9.18 Å². The molecule has 0 fully saturated rings. The summed E-state index contributed by atoms with van der Waals surface area (Å²) in [6.07, 6.45) is 0. The number of halogens is 1. The lowest BCUT2D eigenvalue weighted by molar-refractivity contribution is -0.119. The van der Waals surface area contributed by atoms with E-state index in [4.69, 9.17) is 0 Å². The summed E-state index contributed by atoms with van der Waals surface area (Å²) in [4.78, 5) is 29.7. The third kappa shape index (κ3) is 3.82. The van der Waals surface area contributed by atoms with Crippen LogP contribution in [0.25, 0.3) is 22.2 Å². The first-order valence-electron chi connectivity index (χ1n) is 9.45. The zero-order chi connectivity index (χ0) is 21.3. The molecule has 7 heteroatoms. The standard InChI is InChI=1S/C23H19FN4O2/c1-14-6-11-18-20(25-14)4-3-5-21(18)26-23(30)15(2)28-22(29)13-12-19(27-28)16-7-9-17(24)10-8-16/h3-13,15H,1-2H3,(H,26,30). The van der Waals surface area contributed by atoms with Gasteiger partial charge in [0.05, 0.1) is 16.9 Å². The summed E-state index contributed by atoms with van der Waals surface area (Å²) in [5.41, 5.74) is 2.98. The molecule has 0 saturated carbocycles. The van der Waals surface area contributed by atoms with Crippen molar-refractivity contribution in [2.75, 3.05) is 5.32 Å². The van der Waals surface area contributed by atoms with Crippen molar-refractivity contribution >= 4 is 22.5 Å². The van der Waals surface area contributed by atoms with Crippen molar-refractivity contribution in [1.29, 1.82) is 0 Å². The summed E-state index contributed by atoms with van der Waals surface area (Å²) in [6, 6.07) is 17.1. The largest absolute Gasteiger partial charge is 0.324 e. The van der Waals surface area contributed by atoms with Crippen LogP contribution in [0.15, 0.2) is 71.5 Å². The normalized spacial score (nSPS) is 12.0. The number of carbonyl (C=O) groups excluding carboxylic acids is 1. The van der Waals surface area contributed by atoms with E-state index in [-0.39, 0.29) is 11.7 Å². The highest BCUT2D eigenvalue weighted by molar-refractivity contribution is 6.02. The topological polar surface area (TPSA) is 76.9 Å². The Hall–Kier alpha value is -3.87. The Bertz CT molecular complexity index is 1300. The van der Waals surface area contributed by atoms with E-state index in [1.807, 2.05) is 31.2 Å². The van der Waals surface area contributed by atoms with Gasteiger partial charge in [-0.25, -0.2) is 9.07 Å². The van der Waals surface area contributed by atoms with E-state index in [1.54, 1.807) is 31.2 Å². The summed E-state index contributed by atoms with van der Waals surface area (Å²) >= 11 is 0. The predicted molar refractivity (Wildman–Crippen MR) is 114 cm³/mol. The molecule has 1 amide bonds. The third-order valence-electron chi connectivity index (χ3n) is 4.84. The Balaban J connectivity index is 1.64. The molecule has 0 bridgehead atoms. The average Bonchev–Trinajstić information content (AvgIpc) is 2.74. The number of pyridine rings is 1. The van der Waals surface area contributed by atoms with Crippen LogP contribution in [0.2, 0.25) is 0 Å². The van der Waals surface area contributed by atoms with Crippen LogP contribution in [-0.2, 0) is 4.79 Å². The number of hydrogen-bond donors (Lipinski definition) is 1. The Morgan fingerprint density at radius 2 is 1.80 bits per heavy atom. The van der Waals surface area contributed by atoms with E-state index in [2.05, 4.69) is 15.4 Å². The van der Waals surface area contributed by atoms with Gasteiger partial charge in [-0.05, 0) is 68.4 Å². The molecular weight excluding hydrogens is 383 g/mol. The molecule has 6 nitrogen and oxygen atoms in total. The number of hydrogen-bond acceptors (Lipinski definition) is 4. The molecule has 0 aliphatic heterocycles. The number of nitrogens with one attached hydrogen (secondary N) is 1. The maximum atomic E-state index is 13.2. The van der Waals surface area contributed by atoms with Crippen LogP contribution in [0.3, 0.4) is 0 Å². The van der Waals surface area contributed by atoms with E-state index in [9.17, 15) is 14.0 Å². The average molecular weight is 402 g/mol. The van der Waals surface area contributed by atoms with Gasteiger partial charge in [-0.1, -0.05) is 6.07 Å². The SMILES string of the molecule is Cc1ccc2c(NC(=O)C(C)n3nc(-c4ccc(F)cc4)ccc3=O)cccc2n1. The van der Waals surface area contributed by atoms with Gasteiger partial charge in [-0.15, -0.1) is 0 Å². The first kappa shape index (κ1) is 19.4. The Morgan fingerprint density at radius 3 is 2.57 bits per heavy atom. The van der Waals surface area contributed by atoms with Gasteiger partial charge in [0.15, 0.2) is 0 Å². The number of aryl methyl sites for hydroxylation is 1. The molecule has 150 valence electrons. The van der Waals surface area contributed by atoms with E-state index >= 15 is 0 Å². The minimum Gasteiger partial charge on any atom is -0.324 e. The Morgan fingerprint density at radius 1 is 1.03 bits per heavy atom. The number of anilines is 1. The molecule has 4 aromatic rings. The van der Waals surface area contributed by atoms with Gasteiger partial charge in [0, 0.05) is 22.7 Å². The van der Waals surface area contributed by atoms with Crippen molar-refractivity contribution in [2.45, 2.75) is 19.9 Å². The summed E-state index contributed by atoms with van der Waals surface area (Å²) in [5, 5.41) is 7.99. The van der Waals surface area contributed by atoms with Crippen LogP contribution in [0.1, 0.15) is 18.7 Å². The van der Waals surface area contributed by atoms with Crippen molar-refractivity contribution in [1.82, 2.24) is 14.8 Å². The highest BCUT2D eigenvalue weighted by Crippen LogP contribution is 2.23. The van der Waals surface area contributed by atoms with Crippen LogP contribution in [0.4, 0.5) is 10.1 Å². The maximum absolute atomic E-state index is 13.2. The van der Waals surface area contributed by atoms with Gasteiger partial charge in [-0.2, -0.15) is 5.10 Å². The number of carbonyl (C=O) groups is 1. The number of rotatable bonds is 4. The second kappa shape index (κ2) is 7.87. The van der Waals surface area contributed by atoms with Crippen LogP contribution < -0.4 is 10.9 Å². The van der Waals surface area contributed by atoms with Gasteiger partial charge in [-0.3, -0.25) is 14.6 Å². The Labute approximate surface area is 172 Å². The van der Waals surface area contributed by atoms with Crippen LogP contribution in [-0.4, -0.2) is 20.7 Å². The lowest BCUT2D eigenvalue weighted by Gasteiger charge is -2.16.